The Morgan fingerprint density at radius 2 is 1.79 bits per heavy atom. The van der Waals surface area contributed by atoms with Crippen LogP contribution in [0.25, 0.3) is 0 Å². The number of primary amides is 1. The zero-order chi connectivity index (χ0) is 17.6. The minimum Gasteiger partial charge on any atom is -0.366 e. The van der Waals surface area contributed by atoms with Crippen molar-refractivity contribution in [2.24, 2.45) is 11.5 Å². The lowest BCUT2D eigenvalue weighted by Crippen LogP contribution is -2.46. The highest BCUT2D eigenvalue weighted by atomic mass is 19.4. The van der Waals surface area contributed by atoms with Gasteiger partial charge in [0.15, 0.2) is 0 Å². The number of aromatic nitrogens is 1. The highest BCUT2D eigenvalue weighted by molar-refractivity contribution is 6.12. The van der Waals surface area contributed by atoms with Crippen LogP contribution in [0.5, 0.6) is 0 Å². The summed E-state index contributed by atoms with van der Waals surface area (Å²) in [6.45, 7) is 0.0596. The van der Waals surface area contributed by atoms with Gasteiger partial charge in [0, 0.05) is 11.9 Å². The van der Waals surface area contributed by atoms with Crippen molar-refractivity contribution in [3.63, 3.8) is 0 Å². The topological polar surface area (TPSA) is 94.3 Å². The Morgan fingerprint density at radius 3 is 2.33 bits per heavy atom. The Bertz CT molecular complexity index is 811. The zero-order valence-corrected chi connectivity index (χ0v) is 12.2. The van der Waals surface area contributed by atoms with E-state index in [0.29, 0.717) is 0 Å². The molecule has 2 amide bonds. The van der Waals surface area contributed by atoms with Crippen molar-refractivity contribution in [2.75, 3.05) is 11.4 Å². The number of nitrogens with zero attached hydrogens (tertiary/aromatic N) is 2. The van der Waals surface area contributed by atoms with Crippen molar-refractivity contribution in [3.8, 4) is 0 Å². The average Bonchev–Trinajstić information content (AvgIpc) is 2.96. The molecule has 1 aliphatic heterocycles. The largest absolute Gasteiger partial charge is 0.416 e. The molecule has 126 valence electrons. The fourth-order valence-electron chi connectivity index (χ4n) is 2.69. The minimum absolute atomic E-state index is 0.0204. The first-order valence-electron chi connectivity index (χ1n) is 6.95. The van der Waals surface area contributed by atoms with Gasteiger partial charge in [-0.05, 0) is 30.3 Å². The van der Waals surface area contributed by atoms with Crippen LogP contribution < -0.4 is 16.4 Å². The van der Waals surface area contributed by atoms with E-state index in [-0.39, 0.29) is 23.5 Å². The number of hydrogen-bond donors (Lipinski definition) is 2. The van der Waals surface area contributed by atoms with Gasteiger partial charge < -0.3 is 20.9 Å². The number of benzene rings is 1. The van der Waals surface area contributed by atoms with E-state index in [1.54, 1.807) is 0 Å². The second kappa shape index (κ2) is 5.38. The van der Waals surface area contributed by atoms with Gasteiger partial charge in [-0.2, -0.15) is 13.2 Å². The monoisotopic (exact) mass is 338 g/mol. The molecule has 0 unspecified atom stereocenters. The van der Waals surface area contributed by atoms with Crippen molar-refractivity contribution < 1.29 is 22.8 Å². The first kappa shape index (κ1) is 16.1. The SMILES string of the molecule is NC(=O)c1ccn2c1C(=O)N(c1ccc(C(F)(F)F)cc1)C[C@@H]2N. The normalized spacial score (nSPS) is 17.8. The smallest absolute Gasteiger partial charge is 0.366 e. The number of alkyl halides is 3. The molecule has 0 radical (unpaired) electrons. The third-order valence-electron chi connectivity index (χ3n) is 3.86. The van der Waals surface area contributed by atoms with Crippen LogP contribution >= 0.6 is 0 Å². The number of halogens is 3. The molecular formula is C15H13F3N4O2. The van der Waals surface area contributed by atoms with E-state index >= 15 is 0 Å². The van der Waals surface area contributed by atoms with Crippen LogP contribution in [-0.4, -0.2) is 22.9 Å². The Hall–Kier alpha value is -2.81. The lowest BCUT2D eigenvalue weighted by molar-refractivity contribution is -0.137. The average molecular weight is 338 g/mol. The van der Waals surface area contributed by atoms with Gasteiger partial charge in [-0.1, -0.05) is 0 Å². The van der Waals surface area contributed by atoms with E-state index in [9.17, 15) is 22.8 Å². The lowest BCUT2D eigenvalue weighted by Gasteiger charge is -2.33. The third kappa shape index (κ3) is 2.52. The molecule has 24 heavy (non-hydrogen) atoms. The number of carbonyl (C=O) groups is 2. The van der Waals surface area contributed by atoms with Crippen LogP contribution in [0.15, 0.2) is 36.5 Å². The van der Waals surface area contributed by atoms with E-state index < -0.39 is 29.7 Å². The fourth-order valence-corrected chi connectivity index (χ4v) is 2.69. The van der Waals surface area contributed by atoms with Gasteiger partial charge in [-0.25, -0.2) is 0 Å². The third-order valence-corrected chi connectivity index (χ3v) is 3.86. The van der Waals surface area contributed by atoms with E-state index in [1.807, 2.05) is 0 Å². The van der Waals surface area contributed by atoms with Crippen molar-refractivity contribution in [1.82, 2.24) is 4.57 Å². The molecule has 0 fully saturated rings. The molecule has 1 atom stereocenters. The van der Waals surface area contributed by atoms with E-state index in [4.69, 9.17) is 11.5 Å². The van der Waals surface area contributed by atoms with E-state index in [1.165, 1.54) is 33.9 Å². The molecule has 6 nitrogen and oxygen atoms in total. The maximum Gasteiger partial charge on any atom is 0.416 e. The Kier molecular flexibility index (Phi) is 3.60. The van der Waals surface area contributed by atoms with Gasteiger partial charge in [0.05, 0.1) is 23.8 Å². The van der Waals surface area contributed by atoms with Gasteiger partial charge in [0.1, 0.15) is 5.69 Å². The summed E-state index contributed by atoms with van der Waals surface area (Å²) in [5, 5.41) is 0. The van der Waals surface area contributed by atoms with Crippen molar-refractivity contribution in [1.29, 1.82) is 0 Å². The molecule has 9 heteroatoms. The predicted octanol–water partition coefficient (Wildman–Crippen LogP) is 1.72. The van der Waals surface area contributed by atoms with Crippen LogP contribution in [0.1, 0.15) is 32.6 Å². The number of rotatable bonds is 2. The molecule has 0 saturated heterocycles. The minimum atomic E-state index is -4.46. The van der Waals surface area contributed by atoms with Crippen LogP contribution in [0, 0.1) is 0 Å². The van der Waals surface area contributed by atoms with Crippen molar-refractivity contribution in [2.45, 2.75) is 12.3 Å². The van der Waals surface area contributed by atoms with Crippen LogP contribution in [0.4, 0.5) is 18.9 Å². The quantitative estimate of drug-likeness (QED) is 0.873. The molecule has 1 aliphatic rings. The van der Waals surface area contributed by atoms with Crippen molar-refractivity contribution >= 4 is 17.5 Å². The highest BCUT2D eigenvalue weighted by Gasteiger charge is 2.35. The maximum absolute atomic E-state index is 12.7. The van der Waals surface area contributed by atoms with Crippen LogP contribution in [0.2, 0.25) is 0 Å². The summed E-state index contributed by atoms with van der Waals surface area (Å²) >= 11 is 0. The van der Waals surface area contributed by atoms with Crippen LogP contribution in [-0.2, 0) is 6.18 Å². The van der Waals surface area contributed by atoms with Crippen molar-refractivity contribution in [3.05, 3.63) is 53.3 Å². The fraction of sp³-hybridized carbons (Fsp3) is 0.200. The number of nitrogens with two attached hydrogens (primary N) is 2. The molecule has 0 aliphatic carbocycles. The summed E-state index contributed by atoms with van der Waals surface area (Å²) in [4.78, 5) is 25.3. The molecule has 2 aromatic rings. The first-order valence-corrected chi connectivity index (χ1v) is 6.95. The van der Waals surface area contributed by atoms with Gasteiger partial charge >= 0.3 is 6.18 Å². The van der Waals surface area contributed by atoms with Gasteiger partial charge in [0.25, 0.3) is 11.8 Å². The molecule has 0 saturated carbocycles. The molecule has 2 heterocycles. The molecule has 0 bridgehead atoms. The van der Waals surface area contributed by atoms with E-state index in [2.05, 4.69) is 0 Å². The first-order chi connectivity index (χ1) is 11.2. The molecular weight excluding hydrogens is 325 g/mol. The van der Waals surface area contributed by atoms with Gasteiger partial charge in [-0.15, -0.1) is 0 Å². The lowest BCUT2D eigenvalue weighted by atomic mass is 10.1. The molecule has 0 spiro atoms. The molecule has 1 aromatic heterocycles. The number of amides is 2. The summed E-state index contributed by atoms with van der Waals surface area (Å²) in [6, 6.07) is 5.55. The van der Waals surface area contributed by atoms with Gasteiger partial charge in [0.2, 0.25) is 0 Å². The Labute approximate surface area is 134 Å². The van der Waals surface area contributed by atoms with Gasteiger partial charge in [-0.3, -0.25) is 9.59 Å². The Morgan fingerprint density at radius 1 is 1.17 bits per heavy atom. The second-order valence-electron chi connectivity index (χ2n) is 5.38. The Balaban J connectivity index is 2.00. The highest BCUT2D eigenvalue weighted by Crippen LogP contribution is 2.32. The number of anilines is 1. The number of hydrogen-bond acceptors (Lipinski definition) is 3. The van der Waals surface area contributed by atoms with E-state index in [0.717, 1.165) is 12.1 Å². The summed E-state index contributed by atoms with van der Waals surface area (Å²) < 4.78 is 39.4. The predicted molar refractivity (Wildman–Crippen MR) is 79.3 cm³/mol. The maximum atomic E-state index is 12.7. The molecule has 1 aromatic carbocycles. The number of fused-ring (bicyclic) bond motifs is 1. The standard InChI is InChI=1S/C15H13F3N4O2/c16-15(17,18)8-1-3-9(4-2-8)22-7-11(19)21-6-5-10(13(20)23)12(21)14(22)24/h1-6,11H,7,19H2,(H2,20,23)/t11-/m1/s1. The summed E-state index contributed by atoms with van der Waals surface area (Å²) in [5.74, 6) is -1.33. The summed E-state index contributed by atoms with van der Waals surface area (Å²) in [5.41, 5.74) is 10.7. The van der Waals surface area contributed by atoms with Crippen LogP contribution in [0.3, 0.4) is 0 Å². The number of carbonyl (C=O) groups excluding carboxylic acids is 2. The molecule has 3 rings (SSSR count). The summed E-state index contributed by atoms with van der Waals surface area (Å²) in [7, 11) is 0. The summed E-state index contributed by atoms with van der Waals surface area (Å²) in [6.07, 6.45) is -3.62. The molecule has 4 N–H and O–H groups in total. The second-order valence-corrected chi connectivity index (χ2v) is 5.38. The zero-order valence-electron chi connectivity index (χ0n) is 12.2.